The fraction of sp³-hybridized carbons (Fsp3) is 0.500. The molecule has 0 unspecified atom stereocenters. The van der Waals surface area contributed by atoms with E-state index in [2.05, 4.69) is 13.0 Å². The SMILES string of the molecule is CCCCc1cc(C2=CC(=N)OC2(C)C)co1. The molecule has 1 N–H and O–H groups in total. The van der Waals surface area contributed by atoms with E-state index < -0.39 is 5.60 Å². The number of ether oxygens (including phenoxy) is 1. The molecule has 0 saturated heterocycles. The lowest BCUT2D eigenvalue weighted by Gasteiger charge is -2.21. The van der Waals surface area contributed by atoms with Gasteiger partial charge in [-0.3, -0.25) is 5.41 Å². The summed E-state index contributed by atoms with van der Waals surface area (Å²) in [4.78, 5) is 0. The molecule has 0 atom stereocenters. The van der Waals surface area contributed by atoms with Crippen molar-refractivity contribution in [3.05, 3.63) is 29.7 Å². The van der Waals surface area contributed by atoms with Crippen molar-refractivity contribution in [1.82, 2.24) is 0 Å². The summed E-state index contributed by atoms with van der Waals surface area (Å²) in [5.74, 6) is 1.23. The molecule has 2 rings (SSSR count). The molecule has 1 aromatic rings. The minimum Gasteiger partial charge on any atom is -0.469 e. The molecule has 0 radical (unpaired) electrons. The maximum Gasteiger partial charge on any atom is 0.206 e. The topological polar surface area (TPSA) is 46.2 Å². The van der Waals surface area contributed by atoms with Gasteiger partial charge in [0, 0.05) is 23.6 Å². The van der Waals surface area contributed by atoms with Gasteiger partial charge >= 0.3 is 0 Å². The molecular weight excluding hydrogens is 214 g/mol. The summed E-state index contributed by atoms with van der Waals surface area (Å²) in [6.07, 6.45) is 6.82. The number of unbranched alkanes of at least 4 members (excludes halogenated alkanes) is 1. The highest BCUT2D eigenvalue weighted by Gasteiger charge is 2.33. The van der Waals surface area contributed by atoms with Gasteiger partial charge in [0.05, 0.1) is 6.26 Å². The van der Waals surface area contributed by atoms with Crippen LogP contribution in [0.25, 0.3) is 5.57 Å². The lowest BCUT2D eigenvalue weighted by molar-refractivity contribution is 0.169. The first kappa shape index (κ1) is 12.0. The predicted molar refractivity (Wildman–Crippen MR) is 68.2 cm³/mol. The number of rotatable bonds is 4. The standard InChI is InChI=1S/C14H19NO2/c1-4-5-6-11-7-10(9-16-11)12-8-13(15)17-14(12,2)3/h7-9,15H,4-6H2,1-3H3. The van der Waals surface area contributed by atoms with Crippen LogP contribution in [0.5, 0.6) is 0 Å². The number of hydrogen-bond donors (Lipinski definition) is 1. The fourth-order valence-corrected chi connectivity index (χ4v) is 2.10. The van der Waals surface area contributed by atoms with E-state index in [4.69, 9.17) is 14.6 Å². The summed E-state index contributed by atoms with van der Waals surface area (Å²) < 4.78 is 11.0. The van der Waals surface area contributed by atoms with Crippen molar-refractivity contribution in [2.45, 2.75) is 45.6 Å². The van der Waals surface area contributed by atoms with E-state index in [1.807, 2.05) is 13.8 Å². The molecule has 17 heavy (non-hydrogen) atoms. The van der Waals surface area contributed by atoms with Gasteiger partial charge in [-0.15, -0.1) is 0 Å². The molecule has 0 fully saturated rings. The summed E-state index contributed by atoms with van der Waals surface area (Å²) in [6, 6.07) is 2.06. The molecule has 1 aliphatic heterocycles. The van der Waals surface area contributed by atoms with Crippen LogP contribution in [0.4, 0.5) is 0 Å². The third-order valence-electron chi connectivity index (χ3n) is 3.03. The van der Waals surface area contributed by atoms with Gasteiger partial charge in [0.1, 0.15) is 11.4 Å². The third-order valence-corrected chi connectivity index (χ3v) is 3.03. The molecule has 1 aliphatic rings. The Bertz CT molecular complexity index is 455. The molecule has 0 aliphatic carbocycles. The number of hydrogen-bond acceptors (Lipinski definition) is 3. The Morgan fingerprint density at radius 3 is 2.71 bits per heavy atom. The Labute approximate surface area is 102 Å². The minimum absolute atomic E-state index is 0.223. The molecular formula is C14H19NO2. The zero-order chi connectivity index (χ0) is 12.5. The Balaban J connectivity index is 2.20. The molecule has 1 aromatic heterocycles. The molecule has 92 valence electrons. The monoisotopic (exact) mass is 233 g/mol. The van der Waals surface area contributed by atoms with Crippen LogP contribution < -0.4 is 0 Å². The summed E-state index contributed by atoms with van der Waals surface area (Å²) in [5, 5.41) is 7.57. The summed E-state index contributed by atoms with van der Waals surface area (Å²) >= 11 is 0. The van der Waals surface area contributed by atoms with Crippen LogP contribution in [-0.2, 0) is 11.2 Å². The van der Waals surface area contributed by atoms with Gasteiger partial charge in [-0.1, -0.05) is 13.3 Å². The van der Waals surface area contributed by atoms with Crippen molar-refractivity contribution < 1.29 is 9.15 Å². The van der Waals surface area contributed by atoms with Gasteiger partial charge in [-0.2, -0.15) is 0 Å². The van der Waals surface area contributed by atoms with Crippen LogP contribution >= 0.6 is 0 Å². The highest BCUT2D eigenvalue weighted by atomic mass is 16.5. The summed E-state index contributed by atoms with van der Waals surface area (Å²) in [7, 11) is 0. The van der Waals surface area contributed by atoms with Gasteiger partial charge in [0.2, 0.25) is 5.90 Å². The molecule has 3 nitrogen and oxygen atoms in total. The van der Waals surface area contributed by atoms with Crippen LogP contribution in [0.15, 0.2) is 22.8 Å². The average Bonchev–Trinajstić information content (AvgIpc) is 2.79. The Kier molecular flexibility index (Phi) is 3.09. The molecule has 0 spiro atoms. The van der Waals surface area contributed by atoms with Crippen LogP contribution in [0.1, 0.15) is 44.9 Å². The van der Waals surface area contributed by atoms with Gasteiger partial charge in [-0.05, 0) is 26.3 Å². The second-order valence-electron chi connectivity index (χ2n) is 4.94. The molecule has 0 aromatic carbocycles. The first-order valence-corrected chi connectivity index (χ1v) is 6.10. The first-order chi connectivity index (χ1) is 8.03. The second-order valence-corrected chi connectivity index (χ2v) is 4.94. The minimum atomic E-state index is -0.428. The van der Waals surface area contributed by atoms with Gasteiger partial charge < -0.3 is 9.15 Å². The lowest BCUT2D eigenvalue weighted by atomic mass is 9.94. The lowest BCUT2D eigenvalue weighted by Crippen LogP contribution is -2.22. The zero-order valence-corrected chi connectivity index (χ0v) is 10.7. The molecule has 0 amide bonds. The van der Waals surface area contributed by atoms with Crippen molar-refractivity contribution in [2.24, 2.45) is 0 Å². The van der Waals surface area contributed by atoms with Crippen LogP contribution in [0.2, 0.25) is 0 Å². The van der Waals surface area contributed by atoms with Gasteiger partial charge in [-0.25, -0.2) is 0 Å². The third kappa shape index (κ3) is 2.43. The van der Waals surface area contributed by atoms with E-state index >= 15 is 0 Å². The normalized spacial score (nSPS) is 18.1. The van der Waals surface area contributed by atoms with E-state index in [0.29, 0.717) is 0 Å². The van der Waals surface area contributed by atoms with E-state index in [0.717, 1.165) is 36.2 Å². The molecule has 0 bridgehead atoms. The van der Waals surface area contributed by atoms with Crippen molar-refractivity contribution in [3.63, 3.8) is 0 Å². The van der Waals surface area contributed by atoms with Crippen molar-refractivity contribution in [2.75, 3.05) is 0 Å². The van der Waals surface area contributed by atoms with E-state index in [1.165, 1.54) is 0 Å². The summed E-state index contributed by atoms with van der Waals surface area (Å²) in [5.41, 5.74) is 1.63. The van der Waals surface area contributed by atoms with Crippen molar-refractivity contribution >= 4 is 11.5 Å². The highest BCUT2D eigenvalue weighted by Crippen LogP contribution is 2.36. The maximum absolute atomic E-state index is 7.57. The average molecular weight is 233 g/mol. The van der Waals surface area contributed by atoms with Crippen molar-refractivity contribution in [3.8, 4) is 0 Å². The number of aryl methyl sites for hydroxylation is 1. The van der Waals surface area contributed by atoms with E-state index in [-0.39, 0.29) is 5.90 Å². The van der Waals surface area contributed by atoms with Crippen molar-refractivity contribution in [1.29, 1.82) is 5.41 Å². The van der Waals surface area contributed by atoms with Crippen LogP contribution in [0, 0.1) is 5.41 Å². The van der Waals surface area contributed by atoms with E-state index in [9.17, 15) is 0 Å². The van der Waals surface area contributed by atoms with E-state index in [1.54, 1.807) is 12.3 Å². The molecule has 2 heterocycles. The Morgan fingerprint density at radius 2 is 2.12 bits per heavy atom. The van der Waals surface area contributed by atoms with Crippen LogP contribution in [-0.4, -0.2) is 11.5 Å². The quantitative estimate of drug-likeness (QED) is 0.860. The zero-order valence-electron chi connectivity index (χ0n) is 10.7. The molecule has 3 heteroatoms. The highest BCUT2D eigenvalue weighted by molar-refractivity contribution is 6.00. The Hall–Kier alpha value is -1.51. The van der Waals surface area contributed by atoms with Gasteiger partial charge in [0.15, 0.2) is 0 Å². The van der Waals surface area contributed by atoms with Gasteiger partial charge in [0.25, 0.3) is 0 Å². The first-order valence-electron chi connectivity index (χ1n) is 6.10. The fourth-order valence-electron chi connectivity index (χ4n) is 2.10. The second kappa shape index (κ2) is 4.40. The largest absolute Gasteiger partial charge is 0.469 e. The maximum atomic E-state index is 7.57. The summed E-state index contributed by atoms with van der Waals surface area (Å²) in [6.45, 7) is 6.11. The number of nitrogens with one attached hydrogen (secondary N) is 1. The Morgan fingerprint density at radius 1 is 1.35 bits per heavy atom. The number of furan rings is 1. The predicted octanol–water partition coefficient (Wildman–Crippen LogP) is 3.79. The smallest absolute Gasteiger partial charge is 0.206 e. The van der Waals surface area contributed by atoms with Crippen LogP contribution in [0.3, 0.4) is 0 Å². The molecule has 0 saturated carbocycles.